The second kappa shape index (κ2) is 7.77. The van der Waals surface area contributed by atoms with Crippen LogP contribution >= 0.6 is 23.4 Å². The molecule has 28 heavy (non-hydrogen) atoms. The van der Waals surface area contributed by atoms with Crippen LogP contribution in [0.15, 0.2) is 53.7 Å². The molecule has 0 radical (unpaired) electrons. The van der Waals surface area contributed by atoms with E-state index in [1.807, 2.05) is 25.1 Å². The number of hydrogen-bond acceptors (Lipinski definition) is 5. The molecule has 1 N–H and O–H groups in total. The molecular weight excluding hydrogens is 394 g/mol. The number of anilines is 1. The molecule has 0 spiro atoms. The maximum atomic E-state index is 12.5. The van der Waals surface area contributed by atoms with Gasteiger partial charge in [-0.25, -0.2) is 4.98 Å². The lowest BCUT2D eigenvalue weighted by Crippen LogP contribution is -2.22. The van der Waals surface area contributed by atoms with E-state index in [-0.39, 0.29) is 5.91 Å². The summed E-state index contributed by atoms with van der Waals surface area (Å²) in [7, 11) is 0. The summed E-state index contributed by atoms with van der Waals surface area (Å²) >= 11 is 7.24. The molecule has 2 aromatic carbocycles. The van der Waals surface area contributed by atoms with Crippen LogP contribution in [0.1, 0.15) is 13.8 Å². The summed E-state index contributed by atoms with van der Waals surface area (Å²) in [5, 5.41) is 13.2. The Labute approximate surface area is 171 Å². The fourth-order valence-electron chi connectivity index (χ4n) is 3.08. The highest BCUT2D eigenvalue weighted by Crippen LogP contribution is 2.28. The van der Waals surface area contributed by atoms with Crippen molar-refractivity contribution < 1.29 is 4.79 Å². The molecule has 0 saturated heterocycles. The second-order valence-electron chi connectivity index (χ2n) is 6.29. The number of benzene rings is 2. The fraction of sp³-hybridized carbons (Fsp3) is 0.200. The van der Waals surface area contributed by atoms with E-state index in [4.69, 9.17) is 11.6 Å². The van der Waals surface area contributed by atoms with Gasteiger partial charge in [0.1, 0.15) is 5.52 Å². The van der Waals surface area contributed by atoms with E-state index in [0.29, 0.717) is 15.9 Å². The molecule has 4 rings (SSSR count). The summed E-state index contributed by atoms with van der Waals surface area (Å²) in [6, 6.07) is 15.1. The summed E-state index contributed by atoms with van der Waals surface area (Å²) in [6.45, 7) is 4.66. The first-order valence-corrected chi connectivity index (χ1v) is 10.2. The van der Waals surface area contributed by atoms with E-state index < -0.39 is 5.25 Å². The Hall–Kier alpha value is -2.64. The van der Waals surface area contributed by atoms with Crippen LogP contribution in [0.3, 0.4) is 0 Å². The number of hydrogen-bond donors (Lipinski definition) is 1. The quantitative estimate of drug-likeness (QED) is 0.479. The monoisotopic (exact) mass is 411 g/mol. The molecule has 2 aromatic heterocycles. The van der Waals surface area contributed by atoms with Gasteiger partial charge in [-0.15, -0.1) is 10.2 Å². The van der Waals surface area contributed by atoms with Crippen molar-refractivity contribution in [2.24, 2.45) is 0 Å². The molecule has 1 amide bonds. The summed E-state index contributed by atoms with van der Waals surface area (Å²) in [6.07, 6.45) is 0. The van der Waals surface area contributed by atoms with Gasteiger partial charge in [0.05, 0.1) is 10.8 Å². The fourth-order valence-corrected chi connectivity index (χ4v) is 3.98. The summed E-state index contributed by atoms with van der Waals surface area (Å²) < 4.78 is 2.11. The minimum atomic E-state index is -0.391. The van der Waals surface area contributed by atoms with E-state index in [1.54, 1.807) is 24.3 Å². The highest BCUT2D eigenvalue weighted by atomic mass is 35.5. The first-order valence-electron chi connectivity index (χ1n) is 8.91. The van der Waals surface area contributed by atoms with Crippen molar-refractivity contribution in [2.45, 2.75) is 30.8 Å². The van der Waals surface area contributed by atoms with Gasteiger partial charge >= 0.3 is 0 Å². The number of nitrogens with zero attached hydrogens (tertiary/aromatic N) is 4. The van der Waals surface area contributed by atoms with E-state index >= 15 is 0 Å². The van der Waals surface area contributed by atoms with E-state index in [2.05, 4.69) is 38.1 Å². The standard InChI is InChI=1S/C20H18ClN5OS/c1-3-26-16-10-5-4-9-15(16)17-18(26)23-20(25-24-17)28-12(2)19(27)22-14-8-6-7-13(21)11-14/h4-12H,3H2,1-2H3,(H,22,27)/t12-/m1/s1. The number of nitrogens with one attached hydrogen (secondary N) is 1. The zero-order valence-corrected chi connectivity index (χ0v) is 17.0. The highest BCUT2D eigenvalue weighted by molar-refractivity contribution is 8.00. The summed E-state index contributed by atoms with van der Waals surface area (Å²) in [5.41, 5.74) is 3.29. The molecule has 0 bridgehead atoms. The first kappa shape index (κ1) is 18.7. The molecule has 2 heterocycles. The van der Waals surface area contributed by atoms with Crippen molar-refractivity contribution >= 4 is 57.0 Å². The number of aromatic nitrogens is 4. The van der Waals surface area contributed by atoms with Crippen LogP contribution < -0.4 is 5.32 Å². The van der Waals surface area contributed by atoms with Crippen LogP contribution in [0.4, 0.5) is 5.69 Å². The van der Waals surface area contributed by atoms with Crippen LogP contribution in [0.2, 0.25) is 5.02 Å². The Bertz CT molecular complexity index is 1180. The minimum Gasteiger partial charge on any atom is -0.325 e. The Balaban J connectivity index is 1.59. The van der Waals surface area contributed by atoms with Crippen molar-refractivity contribution in [3.63, 3.8) is 0 Å². The van der Waals surface area contributed by atoms with Crippen LogP contribution in [-0.4, -0.2) is 30.9 Å². The molecule has 0 aliphatic carbocycles. The van der Waals surface area contributed by atoms with Crippen LogP contribution in [-0.2, 0) is 11.3 Å². The molecular formula is C20H18ClN5OS. The molecule has 6 nitrogen and oxygen atoms in total. The van der Waals surface area contributed by atoms with Crippen molar-refractivity contribution in [1.29, 1.82) is 0 Å². The third-order valence-electron chi connectivity index (χ3n) is 4.41. The normalized spacial score (nSPS) is 12.4. The van der Waals surface area contributed by atoms with Gasteiger partial charge in [-0.05, 0) is 38.1 Å². The average Bonchev–Trinajstić information content (AvgIpc) is 3.00. The predicted molar refractivity (Wildman–Crippen MR) is 114 cm³/mol. The number of aryl methyl sites for hydroxylation is 1. The van der Waals surface area contributed by atoms with E-state index in [1.165, 1.54) is 11.8 Å². The Morgan fingerprint density at radius 3 is 2.82 bits per heavy atom. The van der Waals surface area contributed by atoms with Gasteiger partial charge in [-0.1, -0.05) is 47.6 Å². The first-order chi connectivity index (χ1) is 13.6. The number of amides is 1. The third-order valence-corrected chi connectivity index (χ3v) is 5.60. The topological polar surface area (TPSA) is 72.7 Å². The van der Waals surface area contributed by atoms with Crippen LogP contribution in [0.25, 0.3) is 22.1 Å². The summed E-state index contributed by atoms with van der Waals surface area (Å²) in [5.74, 6) is -0.146. The van der Waals surface area contributed by atoms with Crippen molar-refractivity contribution in [3.8, 4) is 0 Å². The van der Waals surface area contributed by atoms with Crippen molar-refractivity contribution in [3.05, 3.63) is 53.6 Å². The molecule has 142 valence electrons. The number of thioether (sulfide) groups is 1. The zero-order valence-electron chi connectivity index (χ0n) is 15.4. The largest absolute Gasteiger partial charge is 0.325 e. The van der Waals surface area contributed by atoms with Gasteiger partial charge in [0.15, 0.2) is 5.65 Å². The minimum absolute atomic E-state index is 0.146. The number of halogens is 1. The van der Waals surface area contributed by atoms with E-state index in [9.17, 15) is 4.79 Å². The summed E-state index contributed by atoms with van der Waals surface area (Å²) in [4.78, 5) is 17.2. The molecule has 0 aliphatic rings. The maximum Gasteiger partial charge on any atom is 0.237 e. The average molecular weight is 412 g/mol. The smallest absolute Gasteiger partial charge is 0.237 e. The number of rotatable bonds is 5. The molecule has 0 fully saturated rings. The van der Waals surface area contributed by atoms with Gasteiger partial charge in [0, 0.05) is 22.6 Å². The maximum absolute atomic E-state index is 12.5. The molecule has 8 heteroatoms. The third kappa shape index (κ3) is 3.55. The number of carbonyl (C=O) groups is 1. The lowest BCUT2D eigenvalue weighted by molar-refractivity contribution is -0.115. The van der Waals surface area contributed by atoms with Gasteiger partial charge in [0.25, 0.3) is 0 Å². The van der Waals surface area contributed by atoms with Crippen molar-refractivity contribution in [1.82, 2.24) is 19.7 Å². The van der Waals surface area contributed by atoms with Crippen molar-refractivity contribution in [2.75, 3.05) is 5.32 Å². The van der Waals surface area contributed by atoms with Gasteiger partial charge < -0.3 is 9.88 Å². The second-order valence-corrected chi connectivity index (χ2v) is 8.03. The van der Waals surface area contributed by atoms with E-state index in [0.717, 1.165) is 28.6 Å². The van der Waals surface area contributed by atoms with Gasteiger partial charge in [0.2, 0.25) is 11.1 Å². The molecule has 0 aliphatic heterocycles. The van der Waals surface area contributed by atoms with Gasteiger partial charge in [-0.3, -0.25) is 4.79 Å². The lowest BCUT2D eigenvalue weighted by Gasteiger charge is -2.11. The van der Waals surface area contributed by atoms with Gasteiger partial charge in [-0.2, -0.15) is 0 Å². The zero-order chi connectivity index (χ0) is 19.7. The lowest BCUT2D eigenvalue weighted by atomic mass is 10.2. The highest BCUT2D eigenvalue weighted by Gasteiger charge is 2.19. The number of para-hydroxylation sites is 1. The molecule has 0 unspecified atom stereocenters. The molecule has 0 saturated carbocycles. The Kier molecular flexibility index (Phi) is 5.19. The number of carbonyl (C=O) groups excluding carboxylic acids is 1. The SMILES string of the molecule is CCn1c2ccccc2c2nnc(S[C@H](C)C(=O)Nc3cccc(Cl)c3)nc21. The Morgan fingerprint density at radius 2 is 2.04 bits per heavy atom. The number of fused-ring (bicyclic) bond motifs is 3. The molecule has 1 atom stereocenters. The molecule has 4 aromatic rings. The van der Waals surface area contributed by atoms with Crippen LogP contribution in [0, 0.1) is 0 Å². The Morgan fingerprint density at radius 1 is 1.21 bits per heavy atom. The van der Waals surface area contributed by atoms with Crippen LogP contribution in [0.5, 0.6) is 0 Å². The predicted octanol–water partition coefficient (Wildman–Crippen LogP) is 4.77.